The molecule has 2 aromatic carbocycles. The van der Waals surface area contributed by atoms with Gasteiger partial charge < -0.3 is 14.7 Å². The van der Waals surface area contributed by atoms with E-state index < -0.39 is 21.5 Å². The van der Waals surface area contributed by atoms with Crippen molar-refractivity contribution >= 4 is 27.3 Å². The van der Waals surface area contributed by atoms with Crippen molar-refractivity contribution in [3.05, 3.63) is 76.9 Å². The van der Waals surface area contributed by atoms with Gasteiger partial charge in [-0.25, -0.2) is 8.42 Å². The normalized spacial score (nSPS) is 11.6. The van der Waals surface area contributed by atoms with E-state index in [1.807, 2.05) is 25.2 Å². The summed E-state index contributed by atoms with van der Waals surface area (Å²) in [7, 11) is -1.67. The van der Waals surface area contributed by atoms with Gasteiger partial charge in [-0.2, -0.15) is 4.98 Å². The van der Waals surface area contributed by atoms with Crippen molar-refractivity contribution in [2.75, 3.05) is 20.1 Å². The van der Waals surface area contributed by atoms with Gasteiger partial charge in [-0.05, 0) is 49.8 Å². The Hall–Kier alpha value is -2.75. The highest BCUT2D eigenvalue weighted by Gasteiger charge is 2.21. The van der Waals surface area contributed by atoms with E-state index in [0.717, 1.165) is 19.5 Å². The van der Waals surface area contributed by atoms with Crippen LogP contribution in [0, 0.1) is 0 Å². The van der Waals surface area contributed by atoms with E-state index in [9.17, 15) is 13.2 Å². The first-order valence-electron chi connectivity index (χ1n) is 9.65. The Morgan fingerprint density at radius 3 is 2.55 bits per heavy atom. The van der Waals surface area contributed by atoms with Crippen LogP contribution in [0.5, 0.6) is 0 Å². The summed E-state index contributed by atoms with van der Waals surface area (Å²) in [6.45, 7) is 2.05. The number of carbonyl (C=O) groups excluding carboxylic acids is 1. The Morgan fingerprint density at radius 2 is 1.84 bits per heavy atom. The minimum absolute atomic E-state index is 0.0808. The lowest BCUT2D eigenvalue weighted by Gasteiger charge is -2.16. The molecule has 1 N–H and O–H groups in total. The van der Waals surface area contributed by atoms with Gasteiger partial charge in [0.1, 0.15) is 5.75 Å². The Balaban J connectivity index is 1.45. The third-order valence-electron chi connectivity index (χ3n) is 4.45. The summed E-state index contributed by atoms with van der Waals surface area (Å²) in [6, 6.07) is 15.9. The smallest absolute Gasteiger partial charge is 0.315 e. The number of nitrogens with one attached hydrogen (secondary N) is 1. The van der Waals surface area contributed by atoms with E-state index in [1.165, 1.54) is 29.8 Å². The molecule has 3 rings (SSSR count). The Morgan fingerprint density at radius 1 is 1.13 bits per heavy atom. The number of amides is 1. The van der Waals surface area contributed by atoms with Crippen LogP contribution in [0.3, 0.4) is 0 Å². The van der Waals surface area contributed by atoms with Crippen LogP contribution in [0.1, 0.15) is 28.5 Å². The SMILES string of the molecule is CN(CCCNC(=O)c1nc(CS(=O)(=O)c2ccc(Cl)cc2)no1)Cc1ccccc1. The number of carbonyl (C=O) groups is 1. The number of nitrogens with zero attached hydrogens (tertiary/aromatic N) is 3. The third kappa shape index (κ3) is 6.88. The van der Waals surface area contributed by atoms with E-state index in [4.69, 9.17) is 16.1 Å². The van der Waals surface area contributed by atoms with Crippen molar-refractivity contribution in [2.45, 2.75) is 23.6 Å². The molecule has 0 aliphatic heterocycles. The average molecular weight is 463 g/mol. The fraction of sp³-hybridized carbons (Fsp3) is 0.286. The molecule has 8 nitrogen and oxygen atoms in total. The second-order valence-corrected chi connectivity index (χ2v) is 9.49. The predicted octanol–water partition coefficient (Wildman–Crippen LogP) is 2.95. The molecule has 0 atom stereocenters. The lowest BCUT2D eigenvalue weighted by Crippen LogP contribution is -2.28. The highest BCUT2D eigenvalue weighted by molar-refractivity contribution is 7.90. The molecule has 3 aromatic rings. The van der Waals surface area contributed by atoms with Gasteiger partial charge in [-0.15, -0.1) is 0 Å². The van der Waals surface area contributed by atoms with Crippen LogP contribution in [-0.4, -0.2) is 49.5 Å². The van der Waals surface area contributed by atoms with Gasteiger partial charge >= 0.3 is 11.8 Å². The van der Waals surface area contributed by atoms with Gasteiger partial charge in [0.25, 0.3) is 0 Å². The van der Waals surface area contributed by atoms with Gasteiger partial charge in [0.15, 0.2) is 15.7 Å². The summed E-state index contributed by atoms with van der Waals surface area (Å²) >= 11 is 5.78. The highest BCUT2D eigenvalue weighted by Crippen LogP contribution is 2.18. The molecular weight excluding hydrogens is 440 g/mol. The summed E-state index contributed by atoms with van der Waals surface area (Å²) in [5.74, 6) is -1.36. The van der Waals surface area contributed by atoms with Gasteiger partial charge in [0, 0.05) is 18.1 Å². The number of hydrogen-bond donors (Lipinski definition) is 1. The summed E-state index contributed by atoms with van der Waals surface area (Å²) in [5.41, 5.74) is 1.22. The number of rotatable bonds is 10. The maximum absolute atomic E-state index is 12.4. The van der Waals surface area contributed by atoms with Crippen molar-refractivity contribution < 1.29 is 17.7 Å². The zero-order valence-electron chi connectivity index (χ0n) is 17.0. The molecule has 31 heavy (non-hydrogen) atoms. The maximum Gasteiger partial charge on any atom is 0.315 e. The summed E-state index contributed by atoms with van der Waals surface area (Å²) in [5, 5.41) is 6.75. The quantitative estimate of drug-likeness (QED) is 0.462. The molecule has 0 saturated carbocycles. The maximum atomic E-state index is 12.4. The van der Waals surface area contributed by atoms with Crippen LogP contribution < -0.4 is 5.32 Å². The Kier molecular flexibility index (Phi) is 7.78. The molecule has 0 bridgehead atoms. The van der Waals surface area contributed by atoms with E-state index in [2.05, 4.69) is 32.5 Å². The molecule has 0 spiro atoms. The topological polar surface area (TPSA) is 105 Å². The lowest BCUT2D eigenvalue weighted by molar-refractivity contribution is 0.0908. The molecule has 10 heteroatoms. The van der Waals surface area contributed by atoms with Crippen molar-refractivity contribution in [3.63, 3.8) is 0 Å². The highest BCUT2D eigenvalue weighted by atomic mass is 35.5. The fourth-order valence-electron chi connectivity index (χ4n) is 2.90. The first-order valence-corrected chi connectivity index (χ1v) is 11.7. The van der Waals surface area contributed by atoms with Gasteiger partial charge in [-0.1, -0.05) is 47.1 Å². The molecule has 0 aliphatic rings. The summed E-state index contributed by atoms with van der Waals surface area (Å²) in [6.07, 6.45) is 0.737. The van der Waals surface area contributed by atoms with Gasteiger partial charge in [0.05, 0.1) is 4.90 Å². The lowest BCUT2D eigenvalue weighted by atomic mass is 10.2. The minimum atomic E-state index is -3.68. The molecule has 164 valence electrons. The van der Waals surface area contributed by atoms with Crippen molar-refractivity contribution in [3.8, 4) is 0 Å². The minimum Gasteiger partial charge on any atom is -0.348 e. The summed E-state index contributed by atoms with van der Waals surface area (Å²) in [4.78, 5) is 18.3. The van der Waals surface area contributed by atoms with Gasteiger partial charge in [-0.3, -0.25) is 4.79 Å². The molecule has 1 heterocycles. The largest absolute Gasteiger partial charge is 0.348 e. The predicted molar refractivity (Wildman–Crippen MR) is 116 cm³/mol. The Labute approximate surface area is 186 Å². The third-order valence-corrected chi connectivity index (χ3v) is 6.33. The molecule has 0 unspecified atom stereocenters. The van der Waals surface area contributed by atoms with Crippen molar-refractivity contribution in [2.24, 2.45) is 0 Å². The Bertz CT molecular complexity index is 1100. The van der Waals surface area contributed by atoms with Crippen LogP contribution in [-0.2, 0) is 22.1 Å². The first kappa shape index (κ1) is 22.9. The van der Waals surface area contributed by atoms with Crippen LogP contribution >= 0.6 is 11.6 Å². The molecular formula is C21H23ClN4O4S. The second-order valence-electron chi connectivity index (χ2n) is 7.06. The second kappa shape index (κ2) is 10.5. The number of benzene rings is 2. The van der Waals surface area contributed by atoms with Crippen LogP contribution in [0.15, 0.2) is 64.0 Å². The molecule has 0 fully saturated rings. The van der Waals surface area contributed by atoms with E-state index in [-0.39, 0.29) is 16.6 Å². The van der Waals surface area contributed by atoms with Crippen LogP contribution in [0.2, 0.25) is 5.02 Å². The molecule has 0 saturated heterocycles. The van der Waals surface area contributed by atoms with E-state index in [0.29, 0.717) is 11.6 Å². The summed E-state index contributed by atoms with van der Waals surface area (Å²) < 4.78 is 29.8. The number of sulfone groups is 1. The van der Waals surface area contributed by atoms with Crippen LogP contribution in [0.25, 0.3) is 0 Å². The van der Waals surface area contributed by atoms with Gasteiger partial charge in [0.2, 0.25) is 0 Å². The van der Waals surface area contributed by atoms with E-state index in [1.54, 1.807) is 0 Å². The monoisotopic (exact) mass is 462 g/mol. The standard InChI is InChI=1S/C21H23ClN4O4S/c1-26(14-16-6-3-2-4-7-16)13-5-12-23-20(27)21-24-19(25-30-21)15-31(28,29)18-10-8-17(22)9-11-18/h2-4,6-11H,5,12-15H2,1H3,(H,23,27). The molecule has 0 radical (unpaired) electrons. The first-order chi connectivity index (χ1) is 14.8. The van der Waals surface area contributed by atoms with Crippen molar-refractivity contribution in [1.82, 2.24) is 20.4 Å². The van der Waals surface area contributed by atoms with E-state index >= 15 is 0 Å². The molecule has 1 aromatic heterocycles. The van der Waals surface area contributed by atoms with Crippen LogP contribution in [0.4, 0.5) is 0 Å². The average Bonchev–Trinajstić information content (AvgIpc) is 3.20. The number of halogens is 1. The molecule has 1 amide bonds. The van der Waals surface area contributed by atoms with Crippen molar-refractivity contribution in [1.29, 1.82) is 0 Å². The molecule has 0 aliphatic carbocycles. The number of hydrogen-bond acceptors (Lipinski definition) is 7. The zero-order valence-corrected chi connectivity index (χ0v) is 18.6. The fourth-order valence-corrected chi connectivity index (χ4v) is 4.20. The zero-order chi connectivity index (χ0) is 22.3. The number of aromatic nitrogens is 2.